The number of amides is 2. The zero-order chi connectivity index (χ0) is 29.5. The molecule has 4 aromatic rings. The molecular weight excluding hydrogens is 520 g/mol. The highest BCUT2D eigenvalue weighted by atomic mass is 16.5. The van der Waals surface area contributed by atoms with Gasteiger partial charge < -0.3 is 24.4 Å². The number of hydrogen-bond acceptors (Lipinski definition) is 6. The Bertz CT molecular complexity index is 1470. The molecule has 1 N–H and O–H groups in total. The summed E-state index contributed by atoms with van der Waals surface area (Å²) in [6.45, 7) is 6.13. The minimum atomic E-state index is -0.347. The van der Waals surface area contributed by atoms with Crippen molar-refractivity contribution in [2.24, 2.45) is 5.92 Å². The summed E-state index contributed by atoms with van der Waals surface area (Å²) in [6, 6.07) is 22.2. The van der Waals surface area contributed by atoms with Gasteiger partial charge in [-0.25, -0.2) is 4.68 Å². The van der Waals surface area contributed by atoms with Gasteiger partial charge in [0, 0.05) is 23.7 Å². The van der Waals surface area contributed by atoms with Gasteiger partial charge in [-0.05, 0) is 54.8 Å². The first kappa shape index (κ1) is 29.2. The summed E-state index contributed by atoms with van der Waals surface area (Å²) in [5.74, 6) is 1.70. The van der Waals surface area contributed by atoms with E-state index in [4.69, 9.17) is 19.3 Å². The smallest absolute Gasteiger partial charge is 0.254 e. The maximum absolute atomic E-state index is 13.7. The van der Waals surface area contributed by atoms with Crippen LogP contribution >= 0.6 is 0 Å². The van der Waals surface area contributed by atoms with E-state index in [0.717, 1.165) is 22.5 Å². The van der Waals surface area contributed by atoms with Gasteiger partial charge in [0.25, 0.3) is 5.91 Å². The largest absolute Gasteiger partial charge is 0.497 e. The SMILES string of the molecule is COc1ccc(-n2nc(C)c(-c3ccccc3)c2NC(=O)CN(CC(C)C)C(=O)c2cc(OC)cc(OC)c2)cc1. The standard InChI is InChI=1S/C32H36N4O5/c1-21(2)19-35(32(38)24-16-27(40-5)18-28(17-24)41-6)20-29(37)33-31-30(23-10-8-7-9-11-23)22(3)34-36(31)25-12-14-26(39-4)15-13-25/h7-18,21H,19-20H2,1-6H3,(H,33,37). The second kappa shape index (κ2) is 13.0. The second-order valence-corrected chi connectivity index (χ2v) is 10.0. The number of methoxy groups -OCH3 is 3. The van der Waals surface area contributed by atoms with Gasteiger partial charge in [-0.3, -0.25) is 9.59 Å². The lowest BCUT2D eigenvalue weighted by molar-refractivity contribution is -0.117. The van der Waals surface area contributed by atoms with E-state index < -0.39 is 0 Å². The van der Waals surface area contributed by atoms with Gasteiger partial charge in [0.15, 0.2) is 0 Å². The molecule has 0 unspecified atom stereocenters. The molecular formula is C32H36N4O5. The van der Waals surface area contributed by atoms with Crippen LogP contribution in [0.3, 0.4) is 0 Å². The molecule has 9 nitrogen and oxygen atoms in total. The monoisotopic (exact) mass is 556 g/mol. The third-order valence-electron chi connectivity index (χ3n) is 6.50. The van der Waals surface area contributed by atoms with Crippen molar-refractivity contribution >= 4 is 17.6 Å². The van der Waals surface area contributed by atoms with Crippen molar-refractivity contribution in [3.63, 3.8) is 0 Å². The van der Waals surface area contributed by atoms with E-state index in [0.29, 0.717) is 35.2 Å². The van der Waals surface area contributed by atoms with E-state index in [1.54, 1.807) is 30.0 Å². The summed E-state index contributed by atoms with van der Waals surface area (Å²) >= 11 is 0. The van der Waals surface area contributed by atoms with Crippen molar-refractivity contribution < 1.29 is 23.8 Å². The first-order valence-corrected chi connectivity index (χ1v) is 13.4. The zero-order valence-electron chi connectivity index (χ0n) is 24.3. The van der Waals surface area contributed by atoms with E-state index >= 15 is 0 Å². The van der Waals surface area contributed by atoms with Crippen LogP contribution in [0, 0.1) is 12.8 Å². The fourth-order valence-corrected chi connectivity index (χ4v) is 4.62. The predicted octanol–water partition coefficient (Wildman–Crippen LogP) is 5.61. The Morgan fingerprint density at radius 1 is 0.878 bits per heavy atom. The van der Waals surface area contributed by atoms with Gasteiger partial charge in [-0.1, -0.05) is 44.2 Å². The molecule has 0 bridgehead atoms. The lowest BCUT2D eigenvalue weighted by atomic mass is 10.1. The first-order valence-electron chi connectivity index (χ1n) is 13.4. The van der Waals surface area contributed by atoms with Crippen LogP contribution in [0.25, 0.3) is 16.8 Å². The third kappa shape index (κ3) is 6.87. The number of aromatic nitrogens is 2. The molecule has 4 rings (SSSR count). The molecule has 0 radical (unpaired) electrons. The lowest BCUT2D eigenvalue weighted by Gasteiger charge is -2.25. The minimum absolute atomic E-state index is 0.131. The van der Waals surface area contributed by atoms with E-state index in [1.807, 2.05) is 75.4 Å². The molecule has 214 valence electrons. The van der Waals surface area contributed by atoms with Crippen molar-refractivity contribution in [3.8, 4) is 34.1 Å². The molecule has 0 fully saturated rings. The Morgan fingerprint density at radius 3 is 2.05 bits per heavy atom. The molecule has 1 heterocycles. The highest BCUT2D eigenvalue weighted by Crippen LogP contribution is 2.34. The molecule has 0 atom stereocenters. The number of nitrogens with one attached hydrogen (secondary N) is 1. The van der Waals surface area contributed by atoms with Gasteiger partial charge in [0.2, 0.25) is 5.91 Å². The zero-order valence-corrected chi connectivity index (χ0v) is 24.3. The van der Waals surface area contributed by atoms with Gasteiger partial charge >= 0.3 is 0 Å². The van der Waals surface area contributed by atoms with Crippen molar-refractivity contribution in [2.45, 2.75) is 20.8 Å². The van der Waals surface area contributed by atoms with Gasteiger partial charge in [0.1, 0.15) is 29.6 Å². The molecule has 2 amide bonds. The average Bonchev–Trinajstić information content (AvgIpc) is 3.31. The fourth-order valence-electron chi connectivity index (χ4n) is 4.62. The second-order valence-electron chi connectivity index (χ2n) is 10.0. The number of ether oxygens (including phenoxy) is 3. The van der Waals surface area contributed by atoms with Crippen LogP contribution < -0.4 is 19.5 Å². The van der Waals surface area contributed by atoms with E-state index in [9.17, 15) is 9.59 Å². The molecule has 9 heteroatoms. The van der Waals surface area contributed by atoms with Gasteiger partial charge in [-0.15, -0.1) is 0 Å². The Morgan fingerprint density at radius 2 is 1.49 bits per heavy atom. The molecule has 0 saturated heterocycles. The summed E-state index contributed by atoms with van der Waals surface area (Å²) in [7, 11) is 4.67. The van der Waals surface area contributed by atoms with E-state index in [1.165, 1.54) is 19.1 Å². The summed E-state index contributed by atoms with van der Waals surface area (Å²) in [5, 5.41) is 7.83. The van der Waals surface area contributed by atoms with Crippen molar-refractivity contribution in [2.75, 3.05) is 39.7 Å². The maximum atomic E-state index is 13.7. The Hall–Kier alpha value is -4.79. The molecule has 0 aliphatic carbocycles. The summed E-state index contributed by atoms with van der Waals surface area (Å²) < 4.78 is 17.7. The minimum Gasteiger partial charge on any atom is -0.497 e. The van der Waals surface area contributed by atoms with Gasteiger partial charge in [-0.2, -0.15) is 5.10 Å². The quantitative estimate of drug-likeness (QED) is 0.258. The van der Waals surface area contributed by atoms with Crippen LogP contribution in [0.15, 0.2) is 72.8 Å². The van der Waals surface area contributed by atoms with Crippen LogP contribution in [0.5, 0.6) is 17.2 Å². The summed E-state index contributed by atoms with van der Waals surface area (Å²) in [6.07, 6.45) is 0. The number of carbonyl (C=O) groups is 2. The first-order chi connectivity index (χ1) is 19.7. The molecule has 1 aromatic heterocycles. The van der Waals surface area contributed by atoms with Crippen LogP contribution in [0.4, 0.5) is 5.82 Å². The number of anilines is 1. The van der Waals surface area contributed by atoms with Crippen LogP contribution in [0.2, 0.25) is 0 Å². The number of hydrogen-bond donors (Lipinski definition) is 1. The Kier molecular flexibility index (Phi) is 9.29. The number of carbonyl (C=O) groups excluding carboxylic acids is 2. The fraction of sp³-hybridized carbons (Fsp3) is 0.281. The van der Waals surface area contributed by atoms with Crippen LogP contribution in [-0.2, 0) is 4.79 Å². The lowest BCUT2D eigenvalue weighted by Crippen LogP contribution is -2.40. The molecule has 0 saturated carbocycles. The summed E-state index contributed by atoms with van der Waals surface area (Å²) in [4.78, 5) is 28.8. The van der Waals surface area contributed by atoms with Crippen LogP contribution in [0.1, 0.15) is 29.9 Å². The van der Waals surface area contributed by atoms with Crippen molar-refractivity contribution in [1.82, 2.24) is 14.7 Å². The van der Waals surface area contributed by atoms with Crippen molar-refractivity contribution in [3.05, 3.63) is 84.1 Å². The molecule has 41 heavy (non-hydrogen) atoms. The van der Waals surface area contributed by atoms with E-state index in [-0.39, 0.29) is 24.3 Å². The highest BCUT2D eigenvalue weighted by Gasteiger charge is 2.25. The maximum Gasteiger partial charge on any atom is 0.254 e. The average molecular weight is 557 g/mol. The molecule has 3 aromatic carbocycles. The third-order valence-corrected chi connectivity index (χ3v) is 6.50. The molecule has 0 aliphatic heterocycles. The number of nitrogens with zero attached hydrogens (tertiary/aromatic N) is 3. The van der Waals surface area contributed by atoms with E-state index in [2.05, 4.69) is 5.32 Å². The Labute approximate surface area is 240 Å². The van der Waals surface area contributed by atoms with Gasteiger partial charge in [0.05, 0.1) is 32.7 Å². The molecule has 0 aliphatic rings. The van der Waals surface area contributed by atoms with Crippen LogP contribution in [-0.4, -0.2) is 60.9 Å². The highest BCUT2D eigenvalue weighted by molar-refractivity contribution is 6.01. The Balaban J connectivity index is 1.69. The number of rotatable bonds is 11. The normalized spacial score (nSPS) is 10.8. The summed E-state index contributed by atoms with van der Waals surface area (Å²) in [5.41, 5.74) is 3.59. The molecule has 0 spiro atoms. The predicted molar refractivity (Wildman–Crippen MR) is 159 cm³/mol. The number of aryl methyl sites for hydroxylation is 1. The topological polar surface area (TPSA) is 94.9 Å². The number of benzene rings is 3. The van der Waals surface area contributed by atoms with Crippen molar-refractivity contribution in [1.29, 1.82) is 0 Å².